The van der Waals surface area contributed by atoms with E-state index in [0.29, 0.717) is 0 Å². The molecule has 1 heterocycles. The first-order valence-electron chi connectivity index (χ1n) is 33.3. The zero-order valence-electron chi connectivity index (χ0n) is 50.9. The first kappa shape index (κ1) is 68.9. The molecule has 1 aliphatic rings. The second kappa shape index (κ2) is 51.2. The molecule has 0 atom stereocenters. The number of nitrogens with zero attached hydrogens (tertiary/aromatic N) is 2. The predicted octanol–water partition coefficient (Wildman–Crippen LogP) is 25.7. The van der Waals surface area contributed by atoms with Crippen LogP contribution in [-0.4, -0.2) is 4.70 Å². The van der Waals surface area contributed by atoms with Crippen LogP contribution in [0, 0.1) is 0 Å². The summed E-state index contributed by atoms with van der Waals surface area (Å²) in [4.78, 5) is 0. The van der Waals surface area contributed by atoms with Crippen molar-refractivity contribution in [2.75, 3.05) is 0 Å². The van der Waals surface area contributed by atoms with Gasteiger partial charge in [0, 0.05) is 16.7 Å². The van der Waals surface area contributed by atoms with E-state index in [1.807, 2.05) is 14.4 Å². The molecular formula is C72H124N2Ni. The third kappa shape index (κ3) is 35.1. The third-order valence-corrected chi connectivity index (χ3v) is 17.2. The Labute approximate surface area is 475 Å². The van der Waals surface area contributed by atoms with Crippen LogP contribution < -0.4 is 0 Å². The van der Waals surface area contributed by atoms with Gasteiger partial charge in [-0.15, -0.1) is 0 Å². The Kier molecular flexibility index (Phi) is 47.0. The molecular weight excluding hydrogens is 951 g/mol. The first-order chi connectivity index (χ1) is 37.1. The van der Waals surface area contributed by atoms with E-state index in [0.717, 1.165) is 61.0 Å². The summed E-state index contributed by atoms with van der Waals surface area (Å²) in [5, 5.41) is 2.85. The van der Waals surface area contributed by atoms with Gasteiger partial charge in [0.25, 0.3) is 0 Å². The van der Waals surface area contributed by atoms with E-state index in [4.69, 9.17) is 0 Å². The zero-order chi connectivity index (χ0) is 53.9. The molecule has 0 radical (unpaired) electrons. The van der Waals surface area contributed by atoms with Crippen molar-refractivity contribution in [3.8, 4) is 0 Å². The third-order valence-electron chi connectivity index (χ3n) is 15.8. The van der Waals surface area contributed by atoms with Crippen LogP contribution in [0.3, 0.4) is 0 Å². The van der Waals surface area contributed by atoms with Gasteiger partial charge in [0.2, 0.25) is 11.4 Å². The summed E-state index contributed by atoms with van der Waals surface area (Å²) in [7, 11) is 0. The van der Waals surface area contributed by atoms with Crippen molar-refractivity contribution in [1.82, 2.24) is 0 Å². The molecule has 0 spiro atoms. The summed E-state index contributed by atoms with van der Waals surface area (Å²) in [5.41, 5.74) is 21.5. The molecule has 2 aromatic carbocycles. The molecule has 0 aliphatic carbocycles. The number of hydrogen-bond acceptors (Lipinski definition) is 0. The van der Waals surface area contributed by atoms with Gasteiger partial charge in [0.15, 0.2) is 0 Å². The zero-order valence-corrected chi connectivity index (χ0v) is 51.9. The number of benzene rings is 2. The minimum atomic E-state index is 0.953. The van der Waals surface area contributed by atoms with Crippen molar-refractivity contribution in [3.05, 3.63) is 99.6 Å². The quantitative estimate of drug-likeness (QED) is 0.0358. The fourth-order valence-corrected chi connectivity index (χ4v) is 12.1. The molecule has 2 nitrogen and oxygen atoms in total. The van der Waals surface area contributed by atoms with Gasteiger partial charge < -0.3 is 5.53 Å². The van der Waals surface area contributed by atoms with Crippen LogP contribution >= 0.6 is 0 Å². The van der Waals surface area contributed by atoms with Gasteiger partial charge in [0.1, 0.15) is 0 Å². The Bertz CT molecular complexity index is 1700. The molecule has 0 saturated carbocycles. The fourth-order valence-electron chi connectivity index (χ4n) is 10.9. The number of unbranched alkanes of at least 4 members (excludes halogenated alkanes) is 37. The van der Waals surface area contributed by atoms with Gasteiger partial charge in [-0.3, -0.25) is 0 Å². The molecule has 1 aliphatic heterocycles. The first-order valence-corrected chi connectivity index (χ1v) is 34.7. The second-order valence-electron chi connectivity index (χ2n) is 22.9. The minimum absolute atomic E-state index is 0.953. The van der Waals surface area contributed by atoms with Gasteiger partial charge in [-0.25, -0.2) is 4.70 Å². The van der Waals surface area contributed by atoms with Crippen molar-refractivity contribution >= 4 is 11.4 Å². The van der Waals surface area contributed by atoms with Crippen molar-refractivity contribution in [3.63, 3.8) is 0 Å². The summed E-state index contributed by atoms with van der Waals surface area (Å²) < 4.78 is 1.54. The average Bonchev–Trinajstić information content (AvgIpc) is 3.71. The van der Waals surface area contributed by atoms with E-state index in [2.05, 4.69) is 102 Å². The summed E-state index contributed by atoms with van der Waals surface area (Å²) in [6, 6.07) is 17.9. The van der Waals surface area contributed by atoms with E-state index >= 15 is 0 Å². The summed E-state index contributed by atoms with van der Waals surface area (Å²) in [6.45, 7) is 13.7. The van der Waals surface area contributed by atoms with Gasteiger partial charge in [0.05, 0.1) is 5.57 Å². The number of hydrogen-bond donors (Lipinski definition) is 0. The molecule has 0 bridgehead atoms. The molecule has 0 saturated heterocycles. The van der Waals surface area contributed by atoms with E-state index < -0.39 is 0 Å². The van der Waals surface area contributed by atoms with Gasteiger partial charge in [-0.05, 0) is 86.8 Å². The van der Waals surface area contributed by atoms with E-state index in [1.165, 1.54) is 290 Å². The predicted molar refractivity (Wildman–Crippen MR) is 334 cm³/mol. The Hall–Kier alpha value is -2.25. The molecule has 432 valence electrons. The maximum atomic E-state index is 12.1. The van der Waals surface area contributed by atoms with E-state index in [-0.39, 0.29) is 0 Å². The van der Waals surface area contributed by atoms with E-state index in [9.17, 15) is 5.53 Å². The van der Waals surface area contributed by atoms with Crippen molar-refractivity contribution in [1.29, 1.82) is 0 Å². The Morgan fingerprint density at radius 1 is 0.360 bits per heavy atom. The van der Waals surface area contributed by atoms with Gasteiger partial charge in [-0.2, -0.15) is 0 Å². The number of rotatable bonds is 51. The summed E-state index contributed by atoms with van der Waals surface area (Å²) in [5.74, 6) is 0. The Balaban J connectivity index is 0.000000855. The van der Waals surface area contributed by atoms with Crippen LogP contribution in [0.4, 0.5) is 0 Å². The molecule has 2 aromatic rings. The van der Waals surface area contributed by atoms with Crippen LogP contribution in [0.15, 0.2) is 71.8 Å². The maximum absolute atomic E-state index is 12.1. The standard InChI is InChI=1S/C54H86N2.2C9H19.Ni/c1-5-9-13-14-15-16-17-18-19-20-21-22-23-24-25-26-27-28-29-30-31-32-33-34-44-52-51(43-12-8-4)53(49-41-35-39-47(45-49)37-10-6-2)56(55)54(52)50-42-36-40-48(46-50)38-11-7-3;2*1-3-5-7-9-8-6-4-2;/h34-36,39-42,44-46H,5-33,37-38,43H2,1-4H3;2*1,3-9H2,2H3;. The van der Waals surface area contributed by atoms with Crippen molar-refractivity contribution in [2.45, 2.75) is 348 Å². The summed E-state index contributed by atoms with van der Waals surface area (Å²) >= 11 is 2.01. The van der Waals surface area contributed by atoms with Crippen LogP contribution in [0.5, 0.6) is 0 Å². The average molecular weight is 1080 g/mol. The summed E-state index contributed by atoms with van der Waals surface area (Å²) in [6.07, 6.45) is 67.6. The molecule has 0 unspecified atom stereocenters. The second-order valence-corrected chi connectivity index (χ2v) is 24.4. The SMILES string of the molecule is CCCCCCCCCCCCCCCCCCCCCCCCC=CC1=C(c2cccc(CCCC)c2)[N+](=[N-])C(c2cccc(CCCC)c2)=C1CCCC.CCCCCCCC[CH2][Ni][CH2]CCCCCCCC. The fraction of sp³-hybridized carbons (Fsp3) is 0.750. The number of allylic oxidation sites excluding steroid dienone is 4. The molecule has 0 aromatic heterocycles. The molecule has 3 rings (SSSR count). The monoisotopic (exact) mass is 1070 g/mol. The molecule has 75 heavy (non-hydrogen) atoms. The Morgan fingerprint density at radius 2 is 0.680 bits per heavy atom. The van der Waals surface area contributed by atoms with Crippen LogP contribution in [0.25, 0.3) is 16.9 Å². The number of aryl methyl sites for hydroxylation is 2. The van der Waals surface area contributed by atoms with Crippen molar-refractivity contribution in [2.24, 2.45) is 0 Å². The van der Waals surface area contributed by atoms with Gasteiger partial charge in [-0.1, -0.05) is 218 Å². The van der Waals surface area contributed by atoms with Crippen LogP contribution in [0.2, 0.25) is 10.8 Å². The molecule has 0 amide bonds. The molecule has 0 fully saturated rings. The Morgan fingerprint density at radius 3 is 1.05 bits per heavy atom. The van der Waals surface area contributed by atoms with Crippen LogP contribution in [0.1, 0.15) is 346 Å². The van der Waals surface area contributed by atoms with Crippen LogP contribution in [-0.2, 0) is 27.3 Å². The topological polar surface area (TPSA) is 25.3 Å². The normalized spacial score (nSPS) is 12.8. The van der Waals surface area contributed by atoms with E-state index in [1.54, 1.807) is 4.70 Å². The molecule has 3 heteroatoms. The molecule has 0 N–H and O–H groups in total. The van der Waals surface area contributed by atoms with Gasteiger partial charge >= 0.3 is 129 Å². The van der Waals surface area contributed by atoms with Crippen molar-refractivity contribution < 1.29 is 19.1 Å².